The molecule has 1 aliphatic heterocycles. The zero-order valence-corrected chi connectivity index (χ0v) is 15.2. The van der Waals surface area contributed by atoms with E-state index in [-0.39, 0.29) is 17.2 Å². The Hall–Kier alpha value is -2.71. The molecule has 1 amide bonds. The van der Waals surface area contributed by atoms with Crippen molar-refractivity contribution in [1.29, 1.82) is 0 Å². The minimum atomic E-state index is -3.89. The standard InChI is InChI=1S/C18H18N2O5S/c1-12-5-3-4-6-16(12)25-18(22)11-19-26(23,24)14-7-8-15-13(9-14)10-17(21)20(15)2/h3-9,19H,10-11H2,1-2H3. The number of hydrogen-bond donors (Lipinski definition) is 1. The van der Waals surface area contributed by atoms with Crippen LogP contribution in [0, 0.1) is 6.92 Å². The van der Waals surface area contributed by atoms with Crippen LogP contribution in [0.3, 0.4) is 0 Å². The molecule has 0 saturated heterocycles. The van der Waals surface area contributed by atoms with E-state index < -0.39 is 22.5 Å². The average Bonchev–Trinajstić information content (AvgIpc) is 2.89. The van der Waals surface area contributed by atoms with E-state index >= 15 is 0 Å². The number of amides is 1. The predicted octanol–water partition coefficient (Wildman–Crippen LogP) is 1.40. The number of para-hydroxylation sites is 1. The number of carbonyl (C=O) groups is 2. The second-order valence-corrected chi connectivity index (χ2v) is 7.75. The molecule has 0 radical (unpaired) electrons. The minimum absolute atomic E-state index is 0.00282. The normalized spacial score (nSPS) is 13.6. The molecule has 0 aliphatic carbocycles. The van der Waals surface area contributed by atoms with Gasteiger partial charge in [0.1, 0.15) is 12.3 Å². The molecule has 7 nitrogen and oxygen atoms in total. The highest BCUT2D eigenvalue weighted by atomic mass is 32.2. The molecule has 1 heterocycles. The van der Waals surface area contributed by atoms with Gasteiger partial charge < -0.3 is 9.64 Å². The fourth-order valence-electron chi connectivity index (χ4n) is 2.68. The molecule has 2 aromatic rings. The van der Waals surface area contributed by atoms with Crippen molar-refractivity contribution in [2.24, 2.45) is 0 Å². The molecule has 8 heteroatoms. The number of fused-ring (bicyclic) bond motifs is 1. The van der Waals surface area contributed by atoms with Gasteiger partial charge in [0.05, 0.1) is 11.3 Å². The maximum atomic E-state index is 12.4. The Labute approximate surface area is 151 Å². The van der Waals surface area contributed by atoms with Gasteiger partial charge >= 0.3 is 5.97 Å². The lowest BCUT2D eigenvalue weighted by Gasteiger charge is -2.11. The van der Waals surface area contributed by atoms with Crippen LogP contribution in [0.1, 0.15) is 11.1 Å². The molecule has 3 rings (SSSR count). The number of nitrogens with zero attached hydrogens (tertiary/aromatic N) is 1. The second kappa shape index (κ2) is 6.89. The van der Waals surface area contributed by atoms with Crippen LogP contribution in [-0.2, 0) is 26.0 Å². The lowest BCUT2D eigenvalue weighted by Crippen LogP contribution is -2.32. The number of esters is 1. The van der Waals surface area contributed by atoms with Gasteiger partial charge in [0.2, 0.25) is 15.9 Å². The molecule has 0 bridgehead atoms. The SMILES string of the molecule is Cc1ccccc1OC(=O)CNS(=O)(=O)c1ccc2c(c1)CC(=O)N2C. The molecular formula is C18H18N2O5S. The number of benzene rings is 2. The summed E-state index contributed by atoms with van der Waals surface area (Å²) in [7, 11) is -2.25. The van der Waals surface area contributed by atoms with Gasteiger partial charge in [-0.15, -0.1) is 0 Å². The van der Waals surface area contributed by atoms with E-state index in [0.717, 1.165) is 5.56 Å². The molecule has 0 saturated carbocycles. The average molecular weight is 374 g/mol. The first-order valence-corrected chi connectivity index (χ1v) is 9.42. The van der Waals surface area contributed by atoms with Gasteiger partial charge in [-0.05, 0) is 42.3 Å². The van der Waals surface area contributed by atoms with Crippen molar-refractivity contribution in [3.63, 3.8) is 0 Å². The van der Waals surface area contributed by atoms with Gasteiger partial charge in [0.25, 0.3) is 0 Å². The number of ether oxygens (including phenoxy) is 1. The maximum Gasteiger partial charge on any atom is 0.326 e. The van der Waals surface area contributed by atoms with Crippen molar-refractivity contribution < 1.29 is 22.7 Å². The molecule has 0 atom stereocenters. The second-order valence-electron chi connectivity index (χ2n) is 5.98. The van der Waals surface area contributed by atoms with Crippen LogP contribution in [0.2, 0.25) is 0 Å². The van der Waals surface area contributed by atoms with Crippen LogP contribution in [0.4, 0.5) is 5.69 Å². The number of aryl methyl sites for hydroxylation is 1. The van der Waals surface area contributed by atoms with E-state index in [0.29, 0.717) is 17.0 Å². The van der Waals surface area contributed by atoms with Gasteiger partial charge in [-0.1, -0.05) is 18.2 Å². The predicted molar refractivity (Wildman–Crippen MR) is 95.6 cm³/mol. The topological polar surface area (TPSA) is 92.8 Å². The van der Waals surface area contributed by atoms with Gasteiger partial charge in [0.15, 0.2) is 0 Å². The summed E-state index contributed by atoms with van der Waals surface area (Å²) in [4.78, 5) is 25.1. The number of sulfonamides is 1. The lowest BCUT2D eigenvalue weighted by molar-refractivity contribution is -0.133. The zero-order chi connectivity index (χ0) is 18.9. The summed E-state index contributed by atoms with van der Waals surface area (Å²) in [5.74, 6) is -0.418. The molecule has 2 aromatic carbocycles. The first-order chi connectivity index (χ1) is 12.3. The third-order valence-electron chi connectivity index (χ3n) is 4.16. The number of hydrogen-bond acceptors (Lipinski definition) is 5. The number of likely N-dealkylation sites (N-methyl/N-ethyl adjacent to an activating group) is 1. The van der Waals surface area contributed by atoms with E-state index in [2.05, 4.69) is 4.72 Å². The maximum absolute atomic E-state index is 12.4. The summed E-state index contributed by atoms with van der Waals surface area (Å²) >= 11 is 0. The third kappa shape index (κ3) is 3.61. The van der Waals surface area contributed by atoms with Gasteiger partial charge in [-0.25, -0.2) is 8.42 Å². The summed E-state index contributed by atoms with van der Waals surface area (Å²) in [6.45, 7) is 1.29. The lowest BCUT2D eigenvalue weighted by atomic mass is 10.2. The van der Waals surface area contributed by atoms with Gasteiger partial charge in [-0.3, -0.25) is 9.59 Å². The Morgan fingerprint density at radius 1 is 1.23 bits per heavy atom. The van der Waals surface area contributed by atoms with Crippen LogP contribution in [0.25, 0.3) is 0 Å². The van der Waals surface area contributed by atoms with Crippen molar-refractivity contribution in [3.05, 3.63) is 53.6 Å². The summed E-state index contributed by atoms with van der Waals surface area (Å²) < 4.78 is 32.2. The van der Waals surface area contributed by atoms with E-state index in [9.17, 15) is 18.0 Å². The molecule has 0 fully saturated rings. The first kappa shape index (κ1) is 18.1. The van der Waals surface area contributed by atoms with Crippen molar-refractivity contribution in [3.8, 4) is 5.75 Å². The fraction of sp³-hybridized carbons (Fsp3) is 0.222. The van der Waals surface area contributed by atoms with Crippen molar-refractivity contribution in [2.75, 3.05) is 18.5 Å². The summed E-state index contributed by atoms with van der Waals surface area (Å²) in [6, 6.07) is 11.4. The highest BCUT2D eigenvalue weighted by molar-refractivity contribution is 7.89. The third-order valence-corrected chi connectivity index (χ3v) is 5.56. The highest BCUT2D eigenvalue weighted by Gasteiger charge is 2.26. The van der Waals surface area contributed by atoms with Gasteiger partial charge in [-0.2, -0.15) is 4.72 Å². The molecular weight excluding hydrogens is 356 g/mol. The fourth-order valence-corrected chi connectivity index (χ4v) is 3.70. The number of anilines is 1. The van der Waals surface area contributed by atoms with E-state index in [4.69, 9.17) is 4.74 Å². The minimum Gasteiger partial charge on any atom is -0.425 e. The summed E-state index contributed by atoms with van der Waals surface area (Å²) in [6.07, 6.45) is 0.157. The van der Waals surface area contributed by atoms with Gasteiger partial charge in [0, 0.05) is 12.7 Å². The van der Waals surface area contributed by atoms with E-state index in [1.165, 1.54) is 17.0 Å². The molecule has 26 heavy (non-hydrogen) atoms. The molecule has 0 unspecified atom stereocenters. The smallest absolute Gasteiger partial charge is 0.326 e. The molecule has 1 aliphatic rings. The molecule has 136 valence electrons. The Morgan fingerprint density at radius 2 is 1.96 bits per heavy atom. The number of rotatable bonds is 5. The summed E-state index contributed by atoms with van der Waals surface area (Å²) in [5.41, 5.74) is 2.10. The van der Waals surface area contributed by atoms with Crippen LogP contribution in [0.15, 0.2) is 47.4 Å². The highest BCUT2D eigenvalue weighted by Crippen LogP contribution is 2.29. The zero-order valence-electron chi connectivity index (χ0n) is 14.4. The Kier molecular flexibility index (Phi) is 4.80. The Balaban J connectivity index is 1.68. The summed E-state index contributed by atoms with van der Waals surface area (Å²) in [5, 5.41) is 0. The van der Waals surface area contributed by atoms with Crippen LogP contribution < -0.4 is 14.4 Å². The van der Waals surface area contributed by atoms with Crippen molar-refractivity contribution in [1.82, 2.24) is 4.72 Å². The van der Waals surface area contributed by atoms with Crippen LogP contribution in [0.5, 0.6) is 5.75 Å². The number of carbonyl (C=O) groups excluding carboxylic acids is 2. The van der Waals surface area contributed by atoms with Crippen LogP contribution >= 0.6 is 0 Å². The molecule has 0 aromatic heterocycles. The van der Waals surface area contributed by atoms with Crippen LogP contribution in [-0.4, -0.2) is 33.9 Å². The quantitative estimate of drug-likeness (QED) is 0.631. The molecule has 0 spiro atoms. The van der Waals surface area contributed by atoms with E-state index in [1.54, 1.807) is 38.2 Å². The molecule has 1 N–H and O–H groups in total. The number of nitrogens with one attached hydrogen (secondary N) is 1. The largest absolute Gasteiger partial charge is 0.425 e. The Bertz CT molecular complexity index is 985. The van der Waals surface area contributed by atoms with Crippen molar-refractivity contribution in [2.45, 2.75) is 18.2 Å². The van der Waals surface area contributed by atoms with E-state index in [1.807, 2.05) is 6.07 Å². The van der Waals surface area contributed by atoms with Crippen molar-refractivity contribution >= 4 is 27.6 Å². The monoisotopic (exact) mass is 374 g/mol. The first-order valence-electron chi connectivity index (χ1n) is 7.93. The Morgan fingerprint density at radius 3 is 2.69 bits per heavy atom.